The summed E-state index contributed by atoms with van der Waals surface area (Å²) in [6.45, 7) is -0.483. The molecule has 302 valence electrons. The zero-order chi connectivity index (χ0) is 41.5. The third-order valence-corrected chi connectivity index (χ3v) is 11.7. The summed E-state index contributed by atoms with van der Waals surface area (Å²) in [4.78, 5) is 55.6. The van der Waals surface area contributed by atoms with Crippen molar-refractivity contribution >= 4 is 46.4 Å². The average Bonchev–Trinajstić information content (AvgIpc) is 3.65. The van der Waals surface area contributed by atoms with Gasteiger partial charge in [-0.1, -0.05) is 84.9 Å². The largest absolute Gasteiger partial charge is 0.484 e. The van der Waals surface area contributed by atoms with Gasteiger partial charge in [-0.05, 0) is 70.3 Å². The molecule has 11 nitrogen and oxygen atoms in total. The summed E-state index contributed by atoms with van der Waals surface area (Å²) in [5, 5.41) is 29.2. The number of carbonyl (C=O) groups is 4. The molecule has 7 rings (SSSR count). The van der Waals surface area contributed by atoms with Crippen LogP contribution < -0.4 is 20.7 Å². The SMILES string of the molecule is O=C(COc1ccc([C@]2(c3ccc(F)cc3)NC(=O)[C@@H]2SCC(O)c2ccc(F)cc2)cc1)N[C@@H](Cc1c[nH]c2ccccc12)C(=O)N[C@H](Cc1ccccc1)C(=O)O. The summed E-state index contributed by atoms with van der Waals surface area (Å²) in [5.41, 5.74) is 2.92. The van der Waals surface area contributed by atoms with E-state index in [1.165, 1.54) is 48.2 Å². The molecule has 0 saturated carbocycles. The molecule has 1 fully saturated rings. The molecule has 0 bridgehead atoms. The molecule has 2 heterocycles. The maximum Gasteiger partial charge on any atom is 0.326 e. The number of H-pyrrole nitrogens is 1. The molecule has 0 aliphatic carbocycles. The molecule has 6 aromatic rings. The van der Waals surface area contributed by atoms with Crippen molar-refractivity contribution in [2.45, 2.75) is 41.8 Å². The van der Waals surface area contributed by atoms with Crippen LogP contribution in [0.5, 0.6) is 5.75 Å². The number of aromatic nitrogens is 1. The Bertz CT molecular complexity index is 2430. The number of hydrogen-bond donors (Lipinski definition) is 6. The lowest BCUT2D eigenvalue weighted by molar-refractivity contribution is -0.142. The van der Waals surface area contributed by atoms with Crippen molar-refractivity contribution in [2.24, 2.45) is 0 Å². The fraction of sp³-hybridized carbons (Fsp3) is 0.200. The van der Waals surface area contributed by atoms with Crippen LogP contribution in [-0.4, -0.2) is 68.6 Å². The van der Waals surface area contributed by atoms with Crippen molar-refractivity contribution in [3.63, 3.8) is 0 Å². The fourth-order valence-electron chi connectivity index (χ4n) is 7.19. The highest BCUT2D eigenvalue weighted by Crippen LogP contribution is 2.46. The third kappa shape index (κ3) is 9.29. The van der Waals surface area contributed by atoms with E-state index in [-0.39, 0.29) is 24.5 Å². The first kappa shape index (κ1) is 40.7. The van der Waals surface area contributed by atoms with Crippen LogP contribution in [0.1, 0.15) is 33.9 Å². The van der Waals surface area contributed by atoms with Crippen molar-refractivity contribution in [2.75, 3.05) is 12.4 Å². The molecule has 59 heavy (non-hydrogen) atoms. The molecule has 6 N–H and O–H groups in total. The van der Waals surface area contributed by atoms with Crippen LogP contribution in [0.4, 0.5) is 8.78 Å². The number of benzene rings is 5. The number of β-lactam (4-membered cyclic amide) rings is 1. The van der Waals surface area contributed by atoms with Crippen LogP contribution in [0.15, 0.2) is 134 Å². The summed E-state index contributed by atoms with van der Waals surface area (Å²) in [6.07, 6.45) is 0.861. The maximum atomic E-state index is 14.0. The van der Waals surface area contributed by atoms with Gasteiger partial charge in [0.1, 0.15) is 40.3 Å². The van der Waals surface area contributed by atoms with Crippen molar-refractivity contribution in [1.82, 2.24) is 20.9 Å². The lowest BCUT2D eigenvalue weighted by Gasteiger charge is -2.50. The molecule has 5 atom stereocenters. The number of aliphatic hydroxyl groups is 1. The van der Waals surface area contributed by atoms with E-state index in [2.05, 4.69) is 20.9 Å². The number of amides is 3. The molecule has 1 saturated heterocycles. The molecule has 5 aromatic carbocycles. The van der Waals surface area contributed by atoms with Crippen molar-refractivity contribution in [1.29, 1.82) is 0 Å². The van der Waals surface area contributed by atoms with Crippen LogP contribution in [-0.2, 0) is 37.6 Å². The van der Waals surface area contributed by atoms with Gasteiger partial charge in [0.25, 0.3) is 5.91 Å². The Hall–Kier alpha value is -6.51. The minimum absolute atomic E-state index is 0.0400. The van der Waals surface area contributed by atoms with E-state index in [0.29, 0.717) is 22.4 Å². The number of para-hydroxylation sites is 1. The zero-order valence-electron chi connectivity index (χ0n) is 31.4. The number of rotatable bonds is 17. The van der Waals surface area contributed by atoms with Gasteiger partial charge in [0.15, 0.2) is 6.61 Å². The van der Waals surface area contributed by atoms with Gasteiger partial charge in [0.05, 0.1) is 6.10 Å². The second-order valence-electron chi connectivity index (χ2n) is 14.2. The van der Waals surface area contributed by atoms with E-state index in [0.717, 1.165) is 22.0 Å². The van der Waals surface area contributed by atoms with Crippen LogP contribution >= 0.6 is 11.8 Å². The Balaban J connectivity index is 1.05. The Morgan fingerprint density at radius 2 is 1.41 bits per heavy atom. The number of aliphatic carboxylic acids is 1. The van der Waals surface area contributed by atoms with Gasteiger partial charge < -0.3 is 35.9 Å². The number of hydrogen-bond acceptors (Lipinski definition) is 7. The predicted octanol–water partition coefficient (Wildman–Crippen LogP) is 5.57. The monoisotopic (exact) mass is 818 g/mol. The minimum Gasteiger partial charge on any atom is -0.484 e. The number of halogens is 2. The number of carboxylic acid groups (broad SMARTS) is 1. The second kappa shape index (κ2) is 18.0. The molecular weight excluding hydrogens is 779 g/mol. The van der Waals surface area contributed by atoms with Crippen LogP contribution in [0.25, 0.3) is 10.9 Å². The summed E-state index contributed by atoms with van der Waals surface area (Å²) >= 11 is 1.21. The van der Waals surface area contributed by atoms with E-state index < -0.39 is 65.0 Å². The van der Waals surface area contributed by atoms with Gasteiger partial charge in [-0.2, -0.15) is 0 Å². The summed E-state index contributed by atoms with van der Waals surface area (Å²) in [7, 11) is 0. The number of thioether (sulfide) groups is 1. The number of nitrogens with one attached hydrogen (secondary N) is 4. The lowest BCUT2D eigenvalue weighted by atomic mass is 9.74. The zero-order valence-corrected chi connectivity index (χ0v) is 32.3. The number of ether oxygens (including phenoxy) is 1. The number of aromatic amines is 1. The molecule has 3 amide bonds. The highest BCUT2D eigenvalue weighted by atomic mass is 32.2. The van der Waals surface area contributed by atoms with Crippen molar-refractivity contribution in [3.8, 4) is 5.75 Å². The van der Waals surface area contributed by atoms with Gasteiger partial charge in [-0.3, -0.25) is 14.4 Å². The van der Waals surface area contributed by atoms with E-state index in [9.17, 15) is 38.2 Å². The Morgan fingerprint density at radius 3 is 2.07 bits per heavy atom. The number of aliphatic hydroxyl groups excluding tert-OH is 1. The van der Waals surface area contributed by atoms with E-state index in [4.69, 9.17) is 4.74 Å². The van der Waals surface area contributed by atoms with E-state index in [1.54, 1.807) is 66.9 Å². The van der Waals surface area contributed by atoms with Gasteiger partial charge in [-0.25, -0.2) is 13.6 Å². The molecule has 0 radical (unpaired) electrons. The van der Waals surface area contributed by atoms with E-state index in [1.807, 2.05) is 30.3 Å². The molecular formula is C45H40F2N4O7S. The van der Waals surface area contributed by atoms with Gasteiger partial charge in [0, 0.05) is 35.7 Å². The van der Waals surface area contributed by atoms with Gasteiger partial charge in [-0.15, -0.1) is 11.8 Å². The summed E-state index contributed by atoms with van der Waals surface area (Å²) in [6, 6.07) is 31.8. The highest BCUT2D eigenvalue weighted by molar-refractivity contribution is 8.00. The first-order chi connectivity index (χ1) is 28.5. The van der Waals surface area contributed by atoms with Crippen molar-refractivity contribution < 1.29 is 42.9 Å². The minimum atomic E-state index is -1.25. The molecule has 14 heteroatoms. The molecule has 1 aliphatic heterocycles. The summed E-state index contributed by atoms with van der Waals surface area (Å²) < 4.78 is 33.4. The Kier molecular flexibility index (Phi) is 12.4. The van der Waals surface area contributed by atoms with E-state index >= 15 is 0 Å². The molecule has 0 spiro atoms. The van der Waals surface area contributed by atoms with Crippen LogP contribution in [0, 0.1) is 11.6 Å². The van der Waals surface area contributed by atoms with Gasteiger partial charge >= 0.3 is 5.97 Å². The number of carbonyl (C=O) groups excluding carboxylic acids is 3. The smallest absolute Gasteiger partial charge is 0.326 e. The van der Waals surface area contributed by atoms with Crippen LogP contribution in [0.3, 0.4) is 0 Å². The quantitative estimate of drug-likeness (QED) is 0.0650. The second-order valence-corrected chi connectivity index (χ2v) is 15.3. The molecule has 1 aliphatic rings. The first-order valence-corrected chi connectivity index (χ1v) is 19.8. The van der Waals surface area contributed by atoms with Crippen molar-refractivity contribution in [3.05, 3.63) is 173 Å². The van der Waals surface area contributed by atoms with Gasteiger partial charge in [0.2, 0.25) is 11.8 Å². The maximum absolute atomic E-state index is 14.0. The topological polar surface area (TPSA) is 170 Å². The number of carboxylic acids is 1. The lowest BCUT2D eigenvalue weighted by Crippen LogP contribution is -2.69. The fourth-order valence-corrected chi connectivity index (χ4v) is 8.55. The average molecular weight is 819 g/mol. The predicted molar refractivity (Wildman–Crippen MR) is 219 cm³/mol. The standard InChI is InChI=1S/C45H40F2N4O7S/c46-32-16-10-28(11-17-32)39(52)26-59-41-43(55)51-45(41,30-12-18-33(47)19-13-30)31-14-20-34(21-15-31)58-25-40(53)49-37(23-29-24-48-36-9-5-4-8-35(29)36)42(54)50-38(44(56)57)22-27-6-2-1-3-7-27/h1-21,24,37-39,41,48,52H,22-23,25-26H2,(H,49,53)(H,50,54)(H,51,55)(H,56,57)/t37-,38+,39?,41-,45-/m0/s1. The third-order valence-electron chi connectivity index (χ3n) is 10.3. The Morgan fingerprint density at radius 1 is 0.780 bits per heavy atom. The molecule has 1 aromatic heterocycles. The summed E-state index contributed by atoms with van der Waals surface area (Å²) in [5.74, 6) is -3.29. The van der Waals surface area contributed by atoms with Crippen LogP contribution in [0.2, 0.25) is 0 Å². The molecule has 1 unspecified atom stereocenters. The number of fused-ring (bicyclic) bond motifs is 1. The first-order valence-electron chi connectivity index (χ1n) is 18.8. The normalized spacial score (nSPS) is 17.5. The highest BCUT2D eigenvalue weighted by Gasteiger charge is 2.56. The Labute approximate surface area is 342 Å².